The van der Waals surface area contributed by atoms with E-state index in [1.165, 1.54) is 0 Å². The van der Waals surface area contributed by atoms with E-state index in [0.29, 0.717) is 13.1 Å². The van der Waals surface area contributed by atoms with Gasteiger partial charge in [-0.15, -0.1) is 0 Å². The molecule has 4 nitrogen and oxygen atoms in total. The van der Waals surface area contributed by atoms with Crippen LogP contribution in [0.3, 0.4) is 0 Å². The predicted octanol–water partition coefficient (Wildman–Crippen LogP) is 2.94. The smallest absolute Gasteiger partial charge is 0.407 e. The fourth-order valence-electron chi connectivity index (χ4n) is 1.80. The lowest BCUT2D eigenvalue weighted by Crippen LogP contribution is -2.30. The minimum Gasteiger partial charge on any atom is -0.446 e. The van der Waals surface area contributed by atoms with Crippen molar-refractivity contribution < 1.29 is 9.53 Å². The number of carbonyl (C=O) groups is 1. The SMILES string of the molecule is NCCSSCCNC(=O)O[C@@H]1CC/C=C/CCC1. The third-order valence-corrected chi connectivity index (χ3v) is 5.17. The van der Waals surface area contributed by atoms with Crippen LogP contribution in [-0.4, -0.2) is 36.8 Å². The molecular weight excluding hydrogens is 280 g/mol. The van der Waals surface area contributed by atoms with Crippen molar-refractivity contribution in [2.75, 3.05) is 24.6 Å². The van der Waals surface area contributed by atoms with Crippen LogP contribution in [0.1, 0.15) is 32.1 Å². The monoisotopic (exact) mass is 304 g/mol. The summed E-state index contributed by atoms with van der Waals surface area (Å²) in [6, 6.07) is 0. The van der Waals surface area contributed by atoms with Gasteiger partial charge in [0.15, 0.2) is 0 Å². The van der Waals surface area contributed by atoms with Gasteiger partial charge < -0.3 is 15.8 Å². The van der Waals surface area contributed by atoms with Gasteiger partial charge >= 0.3 is 6.09 Å². The normalized spacial score (nSPS) is 21.2. The van der Waals surface area contributed by atoms with E-state index >= 15 is 0 Å². The van der Waals surface area contributed by atoms with Crippen molar-refractivity contribution in [3.05, 3.63) is 12.2 Å². The Morgan fingerprint density at radius 2 is 2.05 bits per heavy atom. The number of amides is 1. The predicted molar refractivity (Wildman–Crippen MR) is 84.5 cm³/mol. The molecule has 0 aromatic rings. The number of ether oxygens (including phenoxy) is 1. The van der Waals surface area contributed by atoms with Crippen LogP contribution in [0.4, 0.5) is 4.79 Å². The first-order valence-electron chi connectivity index (χ1n) is 6.87. The molecule has 0 heterocycles. The molecule has 0 fully saturated rings. The van der Waals surface area contributed by atoms with Crippen molar-refractivity contribution in [1.29, 1.82) is 0 Å². The third kappa shape index (κ3) is 9.24. The summed E-state index contributed by atoms with van der Waals surface area (Å²) in [6.45, 7) is 1.34. The average Bonchev–Trinajstić information content (AvgIpc) is 2.37. The van der Waals surface area contributed by atoms with Crippen LogP contribution < -0.4 is 11.1 Å². The molecule has 0 spiro atoms. The van der Waals surface area contributed by atoms with Gasteiger partial charge in [0.05, 0.1) is 0 Å². The minimum absolute atomic E-state index is 0.0734. The summed E-state index contributed by atoms with van der Waals surface area (Å²) in [5.41, 5.74) is 5.39. The highest BCUT2D eigenvalue weighted by Crippen LogP contribution is 2.19. The number of allylic oxidation sites excluding steroid dienone is 2. The molecule has 0 bridgehead atoms. The quantitative estimate of drug-likeness (QED) is 0.430. The molecule has 0 saturated carbocycles. The summed E-state index contributed by atoms with van der Waals surface area (Å²) in [7, 11) is 3.47. The lowest BCUT2D eigenvalue weighted by molar-refractivity contribution is 0.0869. The Morgan fingerprint density at radius 1 is 1.26 bits per heavy atom. The average molecular weight is 304 g/mol. The van der Waals surface area contributed by atoms with E-state index in [1.54, 1.807) is 21.6 Å². The Morgan fingerprint density at radius 3 is 2.89 bits per heavy atom. The number of nitrogens with one attached hydrogen (secondary N) is 1. The Bertz CT molecular complexity index is 275. The van der Waals surface area contributed by atoms with Crippen molar-refractivity contribution in [2.24, 2.45) is 5.73 Å². The second-order valence-electron chi connectivity index (χ2n) is 4.37. The Kier molecular flexibility index (Phi) is 10.1. The molecule has 19 heavy (non-hydrogen) atoms. The number of rotatable bonds is 7. The second kappa shape index (κ2) is 11.5. The molecule has 0 unspecified atom stereocenters. The maximum Gasteiger partial charge on any atom is 0.407 e. The van der Waals surface area contributed by atoms with E-state index in [2.05, 4.69) is 17.5 Å². The standard InChI is InChI=1S/C13H24N2O2S2/c14-8-10-18-19-11-9-15-13(16)17-12-6-4-2-1-3-5-7-12/h1-2,12H,3-11,14H2,(H,15,16)/b2-1+/t12-/m1/s1. The highest BCUT2D eigenvalue weighted by atomic mass is 33.1. The molecule has 1 atom stereocenters. The third-order valence-electron chi connectivity index (χ3n) is 2.73. The first kappa shape index (κ1) is 16.7. The van der Waals surface area contributed by atoms with Gasteiger partial charge in [0.2, 0.25) is 0 Å². The molecule has 110 valence electrons. The zero-order valence-electron chi connectivity index (χ0n) is 11.3. The molecule has 0 radical (unpaired) electrons. The summed E-state index contributed by atoms with van der Waals surface area (Å²) < 4.78 is 5.43. The maximum atomic E-state index is 11.6. The van der Waals surface area contributed by atoms with Crippen LogP contribution in [0.2, 0.25) is 0 Å². The number of nitrogens with two attached hydrogens (primary N) is 1. The number of hydrogen-bond acceptors (Lipinski definition) is 5. The molecule has 0 aromatic carbocycles. The molecule has 1 aliphatic rings. The molecule has 0 saturated heterocycles. The van der Waals surface area contributed by atoms with Gasteiger partial charge in [0.1, 0.15) is 6.10 Å². The van der Waals surface area contributed by atoms with Crippen molar-refractivity contribution in [1.82, 2.24) is 5.32 Å². The first-order valence-corrected chi connectivity index (χ1v) is 9.35. The summed E-state index contributed by atoms with van der Waals surface area (Å²) in [5, 5.41) is 2.80. The van der Waals surface area contributed by atoms with E-state index < -0.39 is 0 Å². The van der Waals surface area contributed by atoms with E-state index in [1.807, 2.05) is 0 Å². The molecule has 0 aliphatic heterocycles. The molecule has 0 aromatic heterocycles. The Labute approximate surface area is 123 Å². The van der Waals surface area contributed by atoms with Crippen molar-refractivity contribution in [2.45, 2.75) is 38.2 Å². The summed E-state index contributed by atoms with van der Waals surface area (Å²) >= 11 is 0. The lowest BCUT2D eigenvalue weighted by atomic mass is 10.0. The van der Waals surface area contributed by atoms with Crippen LogP contribution >= 0.6 is 21.6 Å². The summed E-state index contributed by atoms with van der Waals surface area (Å²) in [5.74, 6) is 1.83. The van der Waals surface area contributed by atoms with Crippen molar-refractivity contribution in [3.63, 3.8) is 0 Å². The first-order chi connectivity index (χ1) is 9.33. The van der Waals surface area contributed by atoms with Gasteiger partial charge in [-0.2, -0.15) is 0 Å². The zero-order chi connectivity index (χ0) is 13.8. The Hall–Kier alpha value is -0.330. The highest BCUT2D eigenvalue weighted by Gasteiger charge is 2.14. The van der Waals surface area contributed by atoms with E-state index in [9.17, 15) is 4.79 Å². The van der Waals surface area contributed by atoms with Gasteiger partial charge in [-0.25, -0.2) is 4.79 Å². The fourth-order valence-corrected chi connectivity index (χ4v) is 3.56. The van der Waals surface area contributed by atoms with Crippen LogP contribution in [0, 0.1) is 0 Å². The van der Waals surface area contributed by atoms with Gasteiger partial charge in [-0.05, 0) is 32.1 Å². The molecule has 3 N–H and O–H groups in total. The molecule has 6 heteroatoms. The van der Waals surface area contributed by atoms with Gasteiger partial charge in [-0.3, -0.25) is 0 Å². The van der Waals surface area contributed by atoms with Crippen LogP contribution in [0.15, 0.2) is 12.2 Å². The largest absolute Gasteiger partial charge is 0.446 e. The Balaban J connectivity index is 2.04. The van der Waals surface area contributed by atoms with Crippen LogP contribution in [0.5, 0.6) is 0 Å². The summed E-state index contributed by atoms with van der Waals surface area (Å²) in [4.78, 5) is 11.6. The molecule has 1 aliphatic carbocycles. The van der Waals surface area contributed by atoms with Gasteiger partial charge in [0.25, 0.3) is 0 Å². The molecule has 1 amide bonds. The topological polar surface area (TPSA) is 64.3 Å². The molecule has 1 rings (SSSR count). The number of hydrogen-bond donors (Lipinski definition) is 2. The summed E-state index contributed by atoms with van der Waals surface area (Å²) in [6.07, 6.45) is 9.29. The zero-order valence-corrected chi connectivity index (χ0v) is 12.9. The van der Waals surface area contributed by atoms with Crippen LogP contribution in [0.25, 0.3) is 0 Å². The number of alkyl carbamates (subject to hydrolysis) is 1. The lowest BCUT2D eigenvalue weighted by Gasteiger charge is -2.18. The van der Waals surface area contributed by atoms with E-state index in [4.69, 9.17) is 10.5 Å². The highest BCUT2D eigenvalue weighted by molar-refractivity contribution is 8.76. The van der Waals surface area contributed by atoms with Crippen molar-refractivity contribution in [3.8, 4) is 0 Å². The van der Waals surface area contributed by atoms with Gasteiger partial charge in [-0.1, -0.05) is 33.7 Å². The van der Waals surface area contributed by atoms with E-state index in [-0.39, 0.29) is 12.2 Å². The molecular formula is C13H24N2O2S2. The van der Waals surface area contributed by atoms with E-state index in [0.717, 1.165) is 43.6 Å². The fraction of sp³-hybridized carbons (Fsp3) is 0.769. The van der Waals surface area contributed by atoms with Crippen molar-refractivity contribution >= 4 is 27.7 Å². The number of carbonyl (C=O) groups excluding carboxylic acids is 1. The maximum absolute atomic E-state index is 11.6. The second-order valence-corrected chi connectivity index (χ2v) is 7.07. The van der Waals surface area contributed by atoms with Gasteiger partial charge in [0, 0.05) is 24.6 Å². The van der Waals surface area contributed by atoms with Crippen LogP contribution in [-0.2, 0) is 4.74 Å². The minimum atomic E-state index is -0.279.